The van der Waals surface area contributed by atoms with Gasteiger partial charge in [0.05, 0.1) is 29.2 Å². The fraction of sp³-hybridized carbons (Fsp3) is 0.385. The molecule has 7 nitrogen and oxygen atoms in total. The van der Waals surface area contributed by atoms with Crippen molar-refractivity contribution in [1.82, 2.24) is 14.3 Å². The summed E-state index contributed by atoms with van der Waals surface area (Å²) in [6, 6.07) is 3.60. The Morgan fingerprint density at radius 2 is 2.05 bits per heavy atom. The first-order valence-corrected chi connectivity index (χ1v) is 8.46. The van der Waals surface area contributed by atoms with Crippen molar-refractivity contribution in [2.24, 2.45) is 0 Å². The summed E-state index contributed by atoms with van der Waals surface area (Å²) in [7, 11) is -3.16. The Hall–Kier alpha value is -1.93. The Morgan fingerprint density at radius 3 is 2.71 bits per heavy atom. The minimum Gasteiger partial charge on any atom is -0.397 e. The number of rotatable bonds is 2. The second kappa shape index (κ2) is 4.81. The van der Waals surface area contributed by atoms with E-state index in [4.69, 9.17) is 11.5 Å². The molecule has 1 fully saturated rings. The smallest absolute Gasteiger partial charge is 0.211 e. The van der Waals surface area contributed by atoms with E-state index in [1.807, 2.05) is 6.07 Å². The monoisotopic (exact) mass is 307 g/mol. The quantitative estimate of drug-likeness (QED) is 0.837. The van der Waals surface area contributed by atoms with Gasteiger partial charge in [-0.3, -0.25) is 4.98 Å². The Morgan fingerprint density at radius 1 is 1.29 bits per heavy atom. The second-order valence-electron chi connectivity index (χ2n) is 5.38. The highest BCUT2D eigenvalue weighted by atomic mass is 32.2. The van der Waals surface area contributed by atoms with Crippen LogP contribution in [0, 0.1) is 0 Å². The minimum absolute atomic E-state index is 0.0518. The standard InChI is InChI=1S/C13H17N5O2S/c1-21(19,20)18-3-2-8(7-18)10-5-11-12(17-13(10)15)4-9(14)6-16-11/h4-6,8H,2-3,7,14H2,1H3,(H2,15,17). The van der Waals surface area contributed by atoms with E-state index < -0.39 is 10.0 Å². The lowest BCUT2D eigenvalue weighted by atomic mass is 9.98. The van der Waals surface area contributed by atoms with Crippen molar-refractivity contribution in [3.05, 3.63) is 23.9 Å². The van der Waals surface area contributed by atoms with Crippen LogP contribution in [0.25, 0.3) is 11.0 Å². The van der Waals surface area contributed by atoms with Crippen LogP contribution in [0.1, 0.15) is 17.9 Å². The first-order valence-electron chi connectivity index (χ1n) is 6.61. The molecule has 0 spiro atoms. The van der Waals surface area contributed by atoms with Crippen LogP contribution < -0.4 is 11.5 Å². The highest BCUT2D eigenvalue weighted by molar-refractivity contribution is 7.88. The predicted octanol–water partition coefficient (Wildman–Crippen LogP) is 0.543. The van der Waals surface area contributed by atoms with Crippen LogP contribution in [-0.4, -0.2) is 42.0 Å². The van der Waals surface area contributed by atoms with Gasteiger partial charge in [-0.25, -0.2) is 17.7 Å². The van der Waals surface area contributed by atoms with Crippen LogP contribution in [0.5, 0.6) is 0 Å². The molecule has 0 saturated carbocycles. The van der Waals surface area contributed by atoms with Crippen LogP contribution in [0.4, 0.5) is 11.5 Å². The highest BCUT2D eigenvalue weighted by Crippen LogP contribution is 2.32. The molecule has 1 aliphatic heterocycles. The molecule has 4 N–H and O–H groups in total. The van der Waals surface area contributed by atoms with E-state index >= 15 is 0 Å². The highest BCUT2D eigenvalue weighted by Gasteiger charge is 2.31. The minimum atomic E-state index is -3.16. The average molecular weight is 307 g/mol. The molecule has 1 unspecified atom stereocenters. The molecule has 112 valence electrons. The molecule has 21 heavy (non-hydrogen) atoms. The van der Waals surface area contributed by atoms with E-state index in [9.17, 15) is 8.42 Å². The van der Waals surface area contributed by atoms with E-state index in [-0.39, 0.29) is 5.92 Å². The molecule has 1 atom stereocenters. The number of nitrogens with two attached hydrogens (primary N) is 2. The van der Waals surface area contributed by atoms with E-state index in [0.717, 1.165) is 12.0 Å². The Bertz CT molecular complexity index is 806. The summed E-state index contributed by atoms with van der Waals surface area (Å²) >= 11 is 0. The van der Waals surface area contributed by atoms with Crippen LogP contribution in [0.2, 0.25) is 0 Å². The summed E-state index contributed by atoms with van der Waals surface area (Å²) in [4.78, 5) is 8.58. The summed E-state index contributed by atoms with van der Waals surface area (Å²) in [6.07, 6.45) is 3.53. The number of sulfonamides is 1. The number of fused-ring (bicyclic) bond motifs is 1. The zero-order chi connectivity index (χ0) is 15.2. The first-order chi connectivity index (χ1) is 9.84. The summed E-state index contributed by atoms with van der Waals surface area (Å²) in [5.74, 6) is 0.464. The molecular weight excluding hydrogens is 290 g/mol. The predicted molar refractivity (Wildman–Crippen MR) is 82.1 cm³/mol. The van der Waals surface area contributed by atoms with Crippen molar-refractivity contribution >= 4 is 32.6 Å². The van der Waals surface area contributed by atoms with Crippen LogP contribution in [0.3, 0.4) is 0 Å². The molecule has 0 aromatic carbocycles. The second-order valence-corrected chi connectivity index (χ2v) is 7.36. The van der Waals surface area contributed by atoms with Gasteiger partial charge in [0.25, 0.3) is 0 Å². The summed E-state index contributed by atoms with van der Waals surface area (Å²) in [6.45, 7) is 0.946. The summed E-state index contributed by atoms with van der Waals surface area (Å²) in [5, 5.41) is 0. The third-order valence-corrected chi connectivity index (χ3v) is 5.08. The first kappa shape index (κ1) is 14.0. The third kappa shape index (κ3) is 2.64. The molecule has 2 aromatic heterocycles. The molecule has 1 saturated heterocycles. The summed E-state index contributed by atoms with van der Waals surface area (Å²) in [5.41, 5.74) is 14.5. The van der Waals surface area contributed by atoms with Crippen LogP contribution in [0.15, 0.2) is 18.3 Å². The number of aromatic nitrogens is 2. The van der Waals surface area contributed by atoms with Crippen molar-refractivity contribution in [2.45, 2.75) is 12.3 Å². The topological polar surface area (TPSA) is 115 Å². The fourth-order valence-electron chi connectivity index (χ4n) is 2.71. The lowest BCUT2D eigenvalue weighted by molar-refractivity contribution is 0.478. The average Bonchev–Trinajstić information content (AvgIpc) is 2.87. The maximum Gasteiger partial charge on any atom is 0.211 e. The lowest BCUT2D eigenvalue weighted by Crippen LogP contribution is -2.27. The fourth-order valence-corrected chi connectivity index (χ4v) is 3.59. The lowest BCUT2D eigenvalue weighted by Gasteiger charge is -2.15. The van der Waals surface area contributed by atoms with E-state index in [1.165, 1.54) is 10.6 Å². The van der Waals surface area contributed by atoms with Gasteiger partial charge in [-0.1, -0.05) is 0 Å². The molecule has 0 amide bonds. The van der Waals surface area contributed by atoms with Crippen molar-refractivity contribution < 1.29 is 8.42 Å². The number of anilines is 2. The van der Waals surface area contributed by atoms with Gasteiger partial charge in [0.15, 0.2) is 0 Å². The van der Waals surface area contributed by atoms with Crippen LogP contribution in [-0.2, 0) is 10.0 Å². The molecule has 8 heteroatoms. The number of nitrogen functional groups attached to an aromatic ring is 2. The van der Waals surface area contributed by atoms with Gasteiger partial charge in [0.1, 0.15) is 5.82 Å². The van der Waals surface area contributed by atoms with Gasteiger partial charge in [-0.2, -0.15) is 0 Å². The van der Waals surface area contributed by atoms with Gasteiger partial charge in [0, 0.05) is 24.6 Å². The van der Waals surface area contributed by atoms with Gasteiger partial charge < -0.3 is 11.5 Å². The summed E-state index contributed by atoms with van der Waals surface area (Å²) < 4.78 is 24.7. The molecule has 2 aromatic rings. The van der Waals surface area contributed by atoms with Crippen LogP contribution >= 0.6 is 0 Å². The Balaban J connectivity index is 1.98. The van der Waals surface area contributed by atoms with E-state index in [1.54, 1.807) is 12.3 Å². The molecule has 1 aliphatic rings. The number of nitrogens with zero attached hydrogens (tertiary/aromatic N) is 3. The van der Waals surface area contributed by atoms with Gasteiger partial charge in [0.2, 0.25) is 10.0 Å². The van der Waals surface area contributed by atoms with Gasteiger partial charge in [-0.05, 0) is 18.6 Å². The normalized spacial score (nSPS) is 20.1. The molecule has 0 bridgehead atoms. The van der Waals surface area contributed by atoms with E-state index in [0.29, 0.717) is 35.6 Å². The molecule has 3 heterocycles. The molecule has 0 radical (unpaired) electrons. The third-order valence-electron chi connectivity index (χ3n) is 3.81. The number of hydrogen-bond acceptors (Lipinski definition) is 6. The van der Waals surface area contributed by atoms with Crippen molar-refractivity contribution in [3.8, 4) is 0 Å². The van der Waals surface area contributed by atoms with Crippen molar-refractivity contribution in [1.29, 1.82) is 0 Å². The Labute approximate surface area is 123 Å². The van der Waals surface area contributed by atoms with E-state index in [2.05, 4.69) is 9.97 Å². The zero-order valence-corrected chi connectivity index (χ0v) is 12.5. The molecule has 0 aliphatic carbocycles. The molecule has 3 rings (SSSR count). The molecular formula is C13H17N5O2S. The maximum atomic E-state index is 11.6. The number of hydrogen-bond donors (Lipinski definition) is 2. The van der Waals surface area contributed by atoms with Crippen molar-refractivity contribution in [3.63, 3.8) is 0 Å². The SMILES string of the molecule is CS(=O)(=O)N1CCC(c2cc3ncc(N)cc3nc2N)C1. The zero-order valence-electron chi connectivity index (χ0n) is 11.7. The Kier molecular flexibility index (Phi) is 3.22. The van der Waals surface area contributed by atoms with Crippen molar-refractivity contribution in [2.75, 3.05) is 30.8 Å². The van der Waals surface area contributed by atoms with Gasteiger partial charge in [-0.15, -0.1) is 0 Å². The largest absolute Gasteiger partial charge is 0.397 e. The van der Waals surface area contributed by atoms with Gasteiger partial charge >= 0.3 is 0 Å². The number of pyridine rings is 2. The maximum absolute atomic E-state index is 11.6.